The molecule has 0 heterocycles. The second-order valence-electron chi connectivity index (χ2n) is 6.21. The molecular weight excluding hydrogens is 266 g/mol. The second kappa shape index (κ2) is 5.97. The monoisotopic (exact) mass is 286 g/mol. The maximum Gasteiger partial charge on any atom is 0.131 e. The Hall–Kier alpha value is -1.70. The van der Waals surface area contributed by atoms with Crippen LogP contribution in [0.5, 0.6) is 0 Å². The van der Waals surface area contributed by atoms with Gasteiger partial charge >= 0.3 is 0 Å². The minimum Gasteiger partial charge on any atom is -0.207 e. The quantitative estimate of drug-likeness (QED) is 0.642. The molecule has 0 N–H and O–H groups in total. The summed E-state index contributed by atoms with van der Waals surface area (Å²) in [6.45, 7) is 2.28. The van der Waals surface area contributed by atoms with Gasteiger partial charge in [-0.15, -0.1) is 0 Å². The molecule has 0 aromatic heterocycles. The Labute approximate surface area is 124 Å². The zero-order chi connectivity index (χ0) is 14.8. The molecule has 3 rings (SSSR count). The number of hydrogen-bond donors (Lipinski definition) is 0. The molecule has 1 saturated carbocycles. The van der Waals surface area contributed by atoms with Crippen LogP contribution in [0.15, 0.2) is 42.5 Å². The molecular formula is C19H20F2. The lowest BCUT2D eigenvalue weighted by molar-refractivity contribution is 0.347. The summed E-state index contributed by atoms with van der Waals surface area (Å²) in [5.74, 6) is 0.670. The number of halogens is 2. The summed E-state index contributed by atoms with van der Waals surface area (Å²) in [4.78, 5) is 0. The molecule has 2 aromatic rings. The van der Waals surface area contributed by atoms with Crippen LogP contribution in [0.2, 0.25) is 0 Å². The third kappa shape index (κ3) is 3.15. The third-order valence-corrected chi connectivity index (χ3v) is 4.62. The van der Waals surface area contributed by atoms with Crippen molar-refractivity contribution in [2.45, 2.75) is 38.5 Å². The number of benzene rings is 2. The van der Waals surface area contributed by atoms with Gasteiger partial charge in [0, 0.05) is 5.56 Å². The Balaban J connectivity index is 1.86. The van der Waals surface area contributed by atoms with Gasteiger partial charge in [0.05, 0.1) is 0 Å². The maximum atomic E-state index is 14.4. The van der Waals surface area contributed by atoms with Gasteiger partial charge in [0.15, 0.2) is 0 Å². The van der Waals surface area contributed by atoms with E-state index in [1.807, 2.05) is 6.07 Å². The van der Waals surface area contributed by atoms with E-state index >= 15 is 0 Å². The average molecular weight is 286 g/mol. The van der Waals surface area contributed by atoms with E-state index in [-0.39, 0.29) is 11.6 Å². The highest BCUT2D eigenvalue weighted by Crippen LogP contribution is 2.36. The molecule has 0 bridgehead atoms. The summed E-state index contributed by atoms with van der Waals surface area (Å²) in [5.41, 5.74) is 2.15. The van der Waals surface area contributed by atoms with Crippen LogP contribution >= 0.6 is 0 Å². The van der Waals surface area contributed by atoms with Gasteiger partial charge < -0.3 is 0 Å². The Morgan fingerprint density at radius 1 is 0.905 bits per heavy atom. The van der Waals surface area contributed by atoms with Crippen LogP contribution < -0.4 is 0 Å². The van der Waals surface area contributed by atoms with Gasteiger partial charge in [-0.1, -0.05) is 44.0 Å². The Kier molecular flexibility index (Phi) is 4.05. The molecule has 21 heavy (non-hydrogen) atoms. The van der Waals surface area contributed by atoms with Crippen LogP contribution in [0.1, 0.15) is 44.1 Å². The van der Waals surface area contributed by atoms with E-state index in [0.717, 1.165) is 24.3 Å². The summed E-state index contributed by atoms with van der Waals surface area (Å²) in [5, 5.41) is 0. The highest BCUT2D eigenvalue weighted by atomic mass is 19.1. The predicted molar refractivity (Wildman–Crippen MR) is 82.2 cm³/mol. The van der Waals surface area contributed by atoms with Crippen molar-refractivity contribution in [1.29, 1.82) is 0 Å². The van der Waals surface area contributed by atoms with E-state index in [1.54, 1.807) is 24.3 Å². The molecule has 0 spiro atoms. The van der Waals surface area contributed by atoms with Crippen molar-refractivity contribution in [1.82, 2.24) is 0 Å². The number of rotatable bonds is 2. The van der Waals surface area contributed by atoms with Crippen molar-refractivity contribution in [2.24, 2.45) is 5.92 Å². The molecule has 2 aromatic carbocycles. The number of hydrogen-bond acceptors (Lipinski definition) is 0. The predicted octanol–water partition coefficient (Wildman–Crippen LogP) is 5.93. The van der Waals surface area contributed by atoms with Crippen LogP contribution in [0.4, 0.5) is 8.78 Å². The smallest absolute Gasteiger partial charge is 0.131 e. The van der Waals surface area contributed by atoms with Crippen LogP contribution in [-0.2, 0) is 0 Å². The SMILES string of the molecule is CC1CCC(c2ccc(-c3cccc(F)c3)c(F)c2)CC1. The first-order chi connectivity index (χ1) is 10.1. The minimum atomic E-state index is -0.336. The minimum absolute atomic E-state index is 0.253. The van der Waals surface area contributed by atoms with Gasteiger partial charge in [-0.3, -0.25) is 0 Å². The molecule has 0 unspecified atom stereocenters. The van der Waals surface area contributed by atoms with E-state index in [0.29, 0.717) is 17.0 Å². The molecule has 1 aliphatic carbocycles. The van der Waals surface area contributed by atoms with Gasteiger partial charge in [0.25, 0.3) is 0 Å². The summed E-state index contributed by atoms with van der Waals surface area (Å²) < 4.78 is 27.6. The van der Waals surface area contributed by atoms with Gasteiger partial charge in [0.1, 0.15) is 11.6 Å². The van der Waals surface area contributed by atoms with Gasteiger partial charge in [-0.05, 0) is 54.0 Å². The highest BCUT2D eigenvalue weighted by molar-refractivity contribution is 5.64. The van der Waals surface area contributed by atoms with Crippen molar-refractivity contribution in [3.63, 3.8) is 0 Å². The zero-order valence-corrected chi connectivity index (χ0v) is 12.3. The normalized spacial score (nSPS) is 22.2. The Bertz CT molecular complexity index is 625. The standard InChI is InChI=1S/C19H20F2/c1-13-5-7-14(8-6-13)15-9-10-18(19(21)12-15)16-3-2-4-17(20)11-16/h2-4,9-14H,5-8H2,1H3. The average Bonchev–Trinajstić information content (AvgIpc) is 2.48. The Morgan fingerprint density at radius 3 is 2.33 bits per heavy atom. The van der Waals surface area contributed by atoms with Gasteiger partial charge in [-0.2, -0.15) is 0 Å². The molecule has 1 fully saturated rings. The topological polar surface area (TPSA) is 0 Å². The van der Waals surface area contributed by atoms with Crippen LogP contribution in [0.25, 0.3) is 11.1 Å². The maximum absolute atomic E-state index is 14.4. The molecule has 2 heteroatoms. The first kappa shape index (κ1) is 14.2. The highest BCUT2D eigenvalue weighted by Gasteiger charge is 2.20. The van der Waals surface area contributed by atoms with Gasteiger partial charge in [-0.25, -0.2) is 8.78 Å². The fourth-order valence-corrected chi connectivity index (χ4v) is 3.27. The fraction of sp³-hybridized carbons (Fsp3) is 0.368. The van der Waals surface area contributed by atoms with Crippen molar-refractivity contribution >= 4 is 0 Å². The van der Waals surface area contributed by atoms with E-state index in [9.17, 15) is 8.78 Å². The van der Waals surface area contributed by atoms with Crippen LogP contribution in [0, 0.1) is 17.6 Å². The molecule has 0 atom stereocenters. The summed E-state index contributed by atoms with van der Waals surface area (Å²) in [6, 6.07) is 11.5. The van der Waals surface area contributed by atoms with E-state index in [2.05, 4.69) is 6.92 Å². The largest absolute Gasteiger partial charge is 0.207 e. The van der Waals surface area contributed by atoms with E-state index < -0.39 is 0 Å². The van der Waals surface area contributed by atoms with Crippen molar-refractivity contribution in [3.05, 3.63) is 59.7 Å². The lowest BCUT2D eigenvalue weighted by Gasteiger charge is -2.26. The van der Waals surface area contributed by atoms with Crippen molar-refractivity contribution in [3.8, 4) is 11.1 Å². The van der Waals surface area contributed by atoms with Crippen molar-refractivity contribution < 1.29 is 8.78 Å². The van der Waals surface area contributed by atoms with Gasteiger partial charge in [0.2, 0.25) is 0 Å². The molecule has 110 valence electrons. The molecule has 0 amide bonds. The van der Waals surface area contributed by atoms with E-state index in [4.69, 9.17) is 0 Å². The molecule has 0 saturated heterocycles. The summed E-state index contributed by atoms with van der Waals surface area (Å²) in [7, 11) is 0. The summed E-state index contributed by atoms with van der Waals surface area (Å²) >= 11 is 0. The van der Waals surface area contributed by atoms with Crippen LogP contribution in [-0.4, -0.2) is 0 Å². The second-order valence-corrected chi connectivity index (χ2v) is 6.21. The van der Waals surface area contributed by atoms with Crippen LogP contribution in [0.3, 0.4) is 0 Å². The lowest BCUT2D eigenvalue weighted by Crippen LogP contribution is -2.11. The summed E-state index contributed by atoms with van der Waals surface area (Å²) in [6.07, 6.45) is 4.72. The molecule has 0 aliphatic heterocycles. The molecule has 0 radical (unpaired) electrons. The first-order valence-corrected chi connectivity index (χ1v) is 7.69. The fourth-order valence-electron chi connectivity index (χ4n) is 3.27. The van der Waals surface area contributed by atoms with Crippen molar-refractivity contribution in [2.75, 3.05) is 0 Å². The third-order valence-electron chi connectivity index (χ3n) is 4.62. The zero-order valence-electron chi connectivity index (χ0n) is 12.3. The lowest BCUT2D eigenvalue weighted by atomic mass is 9.79. The first-order valence-electron chi connectivity index (χ1n) is 7.69. The molecule has 0 nitrogen and oxygen atoms in total. The van der Waals surface area contributed by atoms with E-state index in [1.165, 1.54) is 25.0 Å². The Morgan fingerprint density at radius 2 is 1.67 bits per heavy atom. The molecule has 1 aliphatic rings.